The predicted molar refractivity (Wildman–Crippen MR) is 109 cm³/mol. The number of nitrogens with one attached hydrogen (secondary N) is 2. The van der Waals surface area contributed by atoms with Gasteiger partial charge in [-0.3, -0.25) is 9.59 Å². The van der Waals surface area contributed by atoms with Gasteiger partial charge in [0.15, 0.2) is 0 Å². The summed E-state index contributed by atoms with van der Waals surface area (Å²) < 4.78 is 9.85. The number of anilines is 1. The van der Waals surface area contributed by atoms with E-state index < -0.39 is 11.9 Å². The van der Waals surface area contributed by atoms with Gasteiger partial charge >= 0.3 is 5.97 Å². The van der Waals surface area contributed by atoms with Crippen LogP contribution in [0.1, 0.15) is 39.1 Å². The first-order chi connectivity index (χ1) is 14.0. The molecule has 1 fully saturated rings. The maximum absolute atomic E-state index is 12.3. The number of rotatable bonds is 7. The van der Waals surface area contributed by atoms with E-state index in [9.17, 15) is 14.4 Å². The summed E-state index contributed by atoms with van der Waals surface area (Å²) >= 11 is 0. The lowest BCUT2D eigenvalue weighted by Gasteiger charge is -2.10. The van der Waals surface area contributed by atoms with E-state index in [1.807, 2.05) is 0 Å². The number of benzene rings is 2. The van der Waals surface area contributed by atoms with Crippen LogP contribution in [-0.2, 0) is 9.53 Å². The van der Waals surface area contributed by atoms with E-state index in [1.165, 1.54) is 26.4 Å². The molecule has 0 saturated heterocycles. The van der Waals surface area contributed by atoms with Crippen molar-refractivity contribution in [2.75, 3.05) is 19.5 Å². The smallest absolute Gasteiger partial charge is 0.340 e. The highest BCUT2D eigenvalue weighted by atomic mass is 16.5. The van der Waals surface area contributed by atoms with Gasteiger partial charge in [-0.2, -0.15) is 0 Å². The SMILES string of the molecule is COC(=O)c1cc(OC)ccc1NC(=O)/C=C/c1ccc(C(=O)NC2CC2)cc1. The van der Waals surface area contributed by atoms with Gasteiger partial charge in [0.25, 0.3) is 5.91 Å². The lowest BCUT2D eigenvalue weighted by atomic mass is 10.1. The standard InChI is InChI=1S/C22H22N2O5/c1-28-17-10-11-19(18(13-17)22(27)29-2)24-20(25)12-5-14-3-6-15(7-4-14)21(26)23-16-8-9-16/h3-7,10-13,16H,8-9H2,1-2H3,(H,23,26)(H,24,25)/b12-5+. The Balaban J connectivity index is 1.65. The second-order valence-corrected chi connectivity index (χ2v) is 6.60. The maximum Gasteiger partial charge on any atom is 0.340 e. The van der Waals surface area contributed by atoms with Gasteiger partial charge in [-0.1, -0.05) is 12.1 Å². The number of hydrogen-bond acceptors (Lipinski definition) is 5. The molecule has 29 heavy (non-hydrogen) atoms. The number of esters is 1. The summed E-state index contributed by atoms with van der Waals surface area (Å²) in [7, 11) is 2.75. The van der Waals surface area contributed by atoms with Crippen LogP contribution in [0.25, 0.3) is 6.08 Å². The Morgan fingerprint density at radius 2 is 1.76 bits per heavy atom. The number of methoxy groups -OCH3 is 2. The van der Waals surface area contributed by atoms with Gasteiger partial charge in [0.2, 0.25) is 5.91 Å². The van der Waals surface area contributed by atoms with E-state index in [1.54, 1.807) is 42.5 Å². The average molecular weight is 394 g/mol. The first-order valence-electron chi connectivity index (χ1n) is 9.16. The predicted octanol–water partition coefficient (Wildman–Crippen LogP) is 3.03. The van der Waals surface area contributed by atoms with Crippen molar-refractivity contribution in [3.8, 4) is 5.75 Å². The van der Waals surface area contributed by atoms with Gasteiger partial charge in [-0.05, 0) is 54.8 Å². The van der Waals surface area contributed by atoms with Gasteiger partial charge in [-0.25, -0.2) is 4.79 Å². The normalized spacial score (nSPS) is 13.0. The van der Waals surface area contributed by atoms with E-state index in [0.717, 1.165) is 18.4 Å². The van der Waals surface area contributed by atoms with Crippen molar-refractivity contribution in [3.63, 3.8) is 0 Å². The third-order valence-corrected chi connectivity index (χ3v) is 4.40. The lowest BCUT2D eigenvalue weighted by molar-refractivity contribution is -0.111. The van der Waals surface area contributed by atoms with Crippen molar-refractivity contribution in [3.05, 3.63) is 65.2 Å². The van der Waals surface area contributed by atoms with Crippen molar-refractivity contribution in [2.45, 2.75) is 18.9 Å². The Bertz CT molecular complexity index is 946. The van der Waals surface area contributed by atoms with E-state index in [4.69, 9.17) is 9.47 Å². The summed E-state index contributed by atoms with van der Waals surface area (Å²) in [5, 5.41) is 5.59. The van der Waals surface area contributed by atoms with Gasteiger partial charge in [0, 0.05) is 17.7 Å². The van der Waals surface area contributed by atoms with E-state index in [0.29, 0.717) is 23.0 Å². The highest BCUT2D eigenvalue weighted by Crippen LogP contribution is 2.23. The second kappa shape index (κ2) is 9.05. The molecule has 0 heterocycles. The zero-order chi connectivity index (χ0) is 20.8. The van der Waals surface area contributed by atoms with Crippen LogP contribution < -0.4 is 15.4 Å². The van der Waals surface area contributed by atoms with Crippen molar-refractivity contribution in [1.82, 2.24) is 5.32 Å². The molecule has 0 aliphatic heterocycles. The Morgan fingerprint density at radius 3 is 2.38 bits per heavy atom. The molecule has 1 aliphatic rings. The molecule has 1 aliphatic carbocycles. The van der Waals surface area contributed by atoms with E-state index in [-0.39, 0.29) is 11.5 Å². The summed E-state index contributed by atoms with van der Waals surface area (Å²) in [6.45, 7) is 0. The minimum Gasteiger partial charge on any atom is -0.497 e. The minimum absolute atomic E-state index is 0.0874. The van der Waals surface area contributed by atoms with Gasteiger partial charge in [-0.15, -0.1) is 0 Å². The fourth-order valence-corrected chi connectivity index (χ4v) is 2.63. The van der Waals surface area contributed by atoms with Crippen LogP contribution >= 0.6 is 0 Å². The fourth-order valence-electron chi connectivity index (χ4n) is 2.63. The lowest BCUT2D eigenvalue weighted by Crippen LogP contribution is -2.25. The number of amides is 2. The van der Waals surface area contributed by atoms with E-state index in [2.05, 4.69) is 10.6 Å². The van der Waals surface area contributed by atoms with Crippen LogP contribution in [0.2, 0.25) is 0 Å². The zero-order valence-corrected chi connectivity index (χ0v) is 16.2. The fraction of sp³-hybridized carbons (Fsp3) is 0.227. The molecular weight excluding hydrogens is 372 g/mol. The molecule has 7 heteroatoms. The second-order valence-electron chi connectivity index (χ2n) is 6.60. The first-order valence-corrected chi connectivity index (χ1v) is 9.16. The maximum atomic E-state index is 12.3. The summed E-state index contributed by atoms with van der Waals surface area (Å²) in [5.74, 6) is -0.598. The molecule has 150 valence electrons. The van der Waals surface area contributed by atoms with Crippen molar-refractivity contribution >= 4 is 29.5 Å². The molecule has 0 unspecified atom stereocenters. The van der Waals surface area contributed by atoms with Gasteiger partial charge < -0.3 is 20.1 Å². The molecule has 0 bridgehead atoms. The molecule has 1 saturated carbocycles. The molecule has 0 aromatic heterocycles. The van der Waals surface area contributed by atoms with Crippen LogP contribution in [0.3, 0.4) is 0 Å². The Kier molecular flexibility index (Phi) is 6.29. The summed E-state index contributed by atoms with van der Waals surface area (Å²) in [6.07, 6.45) is 5.05. The van der Waals surface area contributed by atoms with Gasteiger partial charge in [0.1, 0.15) is 5.75 Å². The first kappa shape index (κ1) is 20.1. The Labute approximate surface area is 168 Å². The quantitative estimate of drug-likeness (QED) is 0.556. The zero-order valence-electron chi connectivity index (χ0n) is 16.2. The summed E-state index contributed by atoms with van der Waals surface area (Å²) in [6, 6.07) is 12.0. The monoisotopic (exact) mass is 394 g/mol. The Hall–Kier alpha value is -3.61. The van der Waals surface area contributed by atoms with E-state index >= 15 is 0 Å². The molecular formula is C22H22N2O5. The number of carbonyl (C=O) groups excluding carboxylic acids is 3. The summed E-state index contributed by atoms with van der Waals surface area (Å²) in [4.78, 5) is 36.2. The highest BCUT2D eigenvalue weighted by Gasteiger charge is 2.23. The van der Waals surface area contributed by atoms with Crippen molar-refractivity contribution in [2.24, 2.45) is 0 Å². The van der Waals surface area contributed by atoms with Crippen LogP contribution in [0.5, 0.6) is 5.75 Å². The molecule has 0 atom stereocenters. The number of hydrogen-bond donors (Lipinski definition) is 2. The van der Waals surface area contributed by atoms with Crippen molar-refractivity contribution < 1.29 is 23.9 Å². The third-order valence-electron chi connectivity index (χ3n) is 4.40. The van der Waals surface area contributed by atoms with Crippen molar-refractivity contribution in [1.29, 1.82) is 0 Å². The molecule has 3 rings (SSSR count). The van der Waals surface area contributed by atoms with Crippen LogP contribution in [0.4, 0.5) is 5.69 Å². The number of carbonyl (C=O) groups is 3. The van der Waals surface area contributed by atoms with Crippen LogP contribution in [-0.4, -0.2) is 38.0 Å². The van der Waals surface area contributed by atoms with Crippen LogP contribution in [0.15, 0.2) is 48.5 Å². The highest BCUT2D eigenvalue weighted by molar-refractivity contribution is 6.06. The number of ether oxygens (including phenoxy) is 2. The van der Waals surface area contributed by atoms with Crippen LogP contribution in [0, 0.1) is 0 Å². The molecule has 2 aromatic rings. The largest absolute Gasteiger partial charge is 0.497 e. The minimum atomic E-state index is -0.580. The molecule has 7 nitrogen and oxygen atoms in total. The topological polar surface area (TPSA) is 93.7 Å². The summed E-state index contributed by atoms with van der Waals surface area (Å²) in [5.41, 5.74) is 1.87. The average Bonchev–Trinajstić information content (AvgIpc) is 3.56. The molecule has 0 radical (unpaired) electrons. The third kappa shape index (κ3) is 5.44. The molecule has 2 amide bonds. The Morgan fingerprint density at radius 1 is 1.03 bits per heavy atom. The molecule has 0 spiro atoms. The van der Waals surface area contributed by atoms with Gasteiger partial charge in [0.05, 0.1) is 25.5 Å². The molecule has 2 N–H and O–H groups in total. The molecule has 2 aromatic carbocycles.